The smallest absolute Gasteiger partial charge is 0.318 e. The first-order valence-corrected chi connectivity index (χ1v) is 12.1. The van der Waals surface area contributed by atoms with Crippen molar-refractivity contribution in [3.8, 4) is 5.69 Å². The Bertz CT molecular complexity index is 1260. The Morgan fingerprint density at radius 2 is 1.94 bits per heavy atom. The first kappa shape index (κ1) is 24.0. The van der Waals surface area contributed by atoms with Crippen molar-refractivity contribution >= 4 is 45.3 Å². The Balaban J connectivity index is 2.31. The standard InChI is InChI=1S/C23H28N4O3S2/c1-7-15-14(6)31-20-17(15)21(29)27(16-10-12(4)8-9-13(16)5)23(26-20)32-18(11(2)3)19(28)25-22(24)30/h8-11,18H,7H2,1-6H3,(H3,24,25,28,30)/t18-/m0/s1. The van der Waals surface area contributed by atoms with E-state index in [0.717, 1.165) is 33.7 Å². The van der Waals surface area contributed by atoms with Crippen LogP contribution in [0.3, 0.4) is 0 Å². The van der Waals surface area contributed by atoms with E-state index in [0.29, 0.717) is 15.4 Å². The zero-order chi connectivity index (χ0) is 23.7. The lowest BCUT2D eigenvalue weighted by molar-refractivity contribution is -0.120. The number of primary amides is 1. The van der Waals surface area contributed by atoms with E-state index in [2.05, 4.69) is 5.32 Å². The summed E-state index contributed by atoms with van der Waals surface area (Å²) in [5.41, 5.74) is 8.69. The molecule has 0 spiro atoms. The summed E-state index contributed by atoms with van der Waals surface area (Å²) in [6, 6.07) is 5.01. The highest BCUT2D eigenvalue weighted by Crippen LogP contribution is 2.34. The van der Waals surface area contributed by atoms with E-state index in [1.165, 1.54) is 23.1 Å². The maximum atomic E-state index is 13.8. The molecule has 0 unspecified atom stereocenters. The normalized spacial score (nSPS) is 12.3. The van der Waals surface area contributed by atoms with Gasteiger partial charge in [0, 0.05) is 4.88 Å². The maximum Gasteiger partial charge on any atom is 0.318 e. The Hall–Kier alpha value is -2.65. The Morgan fingerprint density at radius 1 is 1.25 bits per heavy atom. The van der Waals surface area contributed by atoms with Crippen LogP contribution in [-0.4, -0.2) is 26.7 Å². The minimum Gasteiger partial charge on any atom is -0.351 e. The molecular weight excluding hydrogens is 444 g/mol. The van der Waals surface area contributed by atoms with Gasteiger partial charge in [-0.15, -0.1) is 11.3 Å². The summed E-state index contributed by atoms with van der Waals surface area (Å²) in [6.45, 7) is 11.7. The third-order valence-electron chi connectivity index (χ3n) is 5.30. The van der Waals surface area contributed by atoms with Crippen molar-refractivity contribution in [1.82, 2.24) is 14.9 Å². The summed E-state index contributed by atoms with van der Waals surface area (Å²) < 4.78 is 1.60. The van der Waals surface area contributed by atoms with Gasteiger partial charge < -0.3 is 5.73 Å². The van der Waals surface area contributed by atoms with Gasteiger partial charge in [0.1, 0.15) is 4.83 Å². The number of nitrogens with one attached hydrogen (secondary N) is 1. The van der Waals surface area contributed by atoms with E-state index in [1.807, 2.05) is 59.7 Å². The fraction of sp³-hybridized carbons (Fsp3) is 0.391. The van der Waals surface area contributed by atoms with Crippen LogP contribution in [-0.2, 0) is 11.2 Å². The molecule has 2 aromatic heterocycles. The first-order valence-electron chi connectivity index (χ1n) is 10.4. The van der Waals surface area contributed by atoms with E-state index in [1.54, 1.807) is 4.57 Å². The van der Waals surface area contributed by atoms with E-state index in [9.17, 15) is 14.4 Å². The third kappa shape index (κ3) is 4.59. The highest BCUT2D eigenvalue weighted by Gasteiger charge is 2.28. The van der Waals surface area contributed by atoms with Gasteiger partial charge in [-0.3, -0.25) is 19.5 Å². The molecule has 0 aliphatic carbocycles. The number of thiophene rings is 1. The second kappa shape index (κ2) is 9.46. The molecule has 0 saturated heterocycles. The average molecular weight is 473 g/mol. The number of aromatic nitrogens is 2. The molecule has 0 bridgehead atoms. The van der Waals surface area contributed by atoms with E-state index < -0.39 is 17.2 Å². The lowest BCUT2D eigenvalue weighted by atomic mass is 10.1. The van der Waals surface area contributed by atoms with Crippen molar-refractivity contribution in [3.63, 3.8) is 0 Å². The summed E-state index contributed by atoms with van der Waals surface area (Å²) >= 11 is 2.66. The monoisotopic (exact) mass is 472 g/mol. The molecule has 3 amide bonds. The van der Waals surface area contributed by atoms with Crippen molar-refractivity contribution in [1.29, 1.82) is 0 Å². The van der Waals surface area contributed by atoms with E-state index in [-0.39, 0.29) is 11.5 Å². The number of fused-ring (bicyclic) bond motifs is 1. The average Bonchev–Trinajstić information content (AvgIpc) is 3.02. The number of nitrogens with zero attached hydrogens (tertiary/aromatic N) is 2. The molecular formula is C23H28N4O3S2. The van der Waals surface area contributed by atoms with E-state index in [4.69, 9.17) is 10.7 Å². The fourth-order valence-corrected chi connectivity index (χ4v) is 5.93. The molecule has 0 saturated carbocycles. The number of hydrogen-bond acceptors (Lipinski definition) is 6. The molecule has 1 aromatic carbocycles. The first-order chi connectivity index (χ1) is 15.0. The van der Waals surface area contributed by atoms with Gasteiger partial charge >= 0.3 is 6.03 Å². The van der Waals surface area contributed by atoms with Crippen LogP contribution in [0.4, 0.5) is 4.79 Å². The van der Waals surface area contributed by atoms with Gasteiger partial charge in [0.25, 0.3) is 5.56 Å². The third-order valence-corrected chi connectivity index (χ3v) is 7.84. The number of benzene rings is 1. The number of nitrogens with two attached hydrogens (primary N) is 1. The van der Waals surface area contributed by atoms with Crippen LogP contribution in [0.15, 0.2) is 28.2 Å². The van der Waals surface area contributed by atoms with Crippen LogP contribution in [0.25, 0.3) is 15.9 Å². The quantitative estimate of drug-likeness (QED) is 0.412. The summed E-state index contributed by atoms with van der Waals surface area (Å²) in [4.78, 5) is 44.4. The second-order valence-electron chi connectivity index (χ2n) is 8.13. The minimum atomic E-state index is -0.905. The molecule has 3 N–H and O–H groups in total. The number of hydrogen-bond donors (Lipinski definition) is 2. The van der Waals surface area contributed by atoms with Crippen molar-refractivity contribution < 1.29 is 9.59 Å². The van der Waals surface area contributed by atoms with Crippen LogP contribution >= 0.6 is 23.1 Å². The molecule has 0 aliphatic heterocycles. The predicted molar refractivity (Wildman–Crippen MR) is 131 cm³/mol. The fourth-order valence-electron chi connectivity index (χ4n) is 3.67. The summed E-state index contributed by atoms with van der Waals surface area (Å²) in [7, 11) is 0. The molecule has 3 aromatic rings. The molecule has 3 rings (SSSR count). The lowest BCUT2D eigenvalue weighted by Gasteiger charge is -2.21. The van der Waals surface area contributed by atoms with Gasteiger partial charge in [0.05, 0.1) is 16.3 Å². The predicted octanol–water partition coefficient (Wildman–Crippen LogP) is 4.25. The van der Waals surface area contributed by atoms with Gasteiger partial charge in [-0.25, -0.2) is 9.78 Å². The van der Waals surface area contributed by atoms with Crippen LogP contribution < -0.4 is 16.6 Å². The SMILES string of the molecule is CCc1c(C)sc2nc(S[C@H](C(=O)NC(N)=O)C(C)C)n(-c3cc(C)ccc3C)c(=O)c12. The van der Waals surface area contributed by atoms with Gasteiger partial charge in [0.15, 0.2) is 5.16 Å². The Morgan fingerprint density at radius 3 is 2.53 bits per heavy atom. The highest BCUT2D eigenvalue weighted by molar-refractivity contribution is 8.00. The minimum absolute atomic E-state index is 0.129. The van der Waals surface area contributed by atoms with Crippen LogP contribution in [0.5, 0.6) is 0 Å². The molecule has 2 heterocycles. The lowest BCUT2D eigenvalue weighted by Crippen LogP contribution is -2.42. The Labute approximate surface area is 195 Å². The molecule has 170 valence electrons. The van der Waals surface area contributed by atoms with Crippen LogP contribution in [0.1, 0.15) is 42.3 Å². The summed E-state index contributed by atoms with van der Waals surface area (Å²) in [5.74, 6) is -0.633. The molecule has 0 fully saturated rings. The van der Waals surface area contributed by atoms with Crippen molar-refractivity contribution in [2.24, 2.45) is 11.7 Å². The number of aryl methyl sites for hydroxylation is 4. The molecule has 32 heavy (non-hydrogen) atoms. The molecule has 9 heteroatoms. The van der Waals surface area contributed by atoms with Gasteiger partial charge in [0.2, 0.25) is 5.91 Å². The van der Waals surface area contributed by atoms with Crippen LogP contribution in [0, 0.1) is 26.7 Å². The summed E-state index contributed by atoms with van der Waals surface area (Å²) in [5, 5.41) is 2.55. The second-order valence-corrected chi connectivity index (χ2v) is 10.4. The topological polar surface area (TPSA) is 107 Å². The summed E-state index contributed by atoms with van der Waals surface area (Å²) in [6.07, 6.45) is 0.734. The van der Waals surface area contributed by atoms with Crippen LogP contribution in [0.2, 0.25) is 0 Å². The number of rotatable bonds is 6. The van der Waals surface area contributed by atoms with Gasteiger partial charge in [-0.05, 0) is 55.9 Å². The van der Waals surface area contributed by atoms with E-state index >= 15 is 0 Å². The van der Waals surface area contributed by atoms with Crippen molar-refractivity contribution in [3.05, 3.63) is 50.1 Å². The number of imide groups is 1. The number of amides is 3. The largest absolute Gasteiger partial charge is 0.351 e. The highest BCUT2D eigenvalue weighted by atomic mass is 32.2. The van der Waals surface area contributed by atoms with Gasteiger partial charge in [-0.2, -0.15) is 0 Å². The number of thioether (sulfide) groups is 1. The van der Waals surface area contributed by atoms with Gasteiger partial charge in [-0.1, -0.05) is 44.7 Å². The molecule has 0 aliphatic rings. The molecule has 7 nitrogen and oxygen atoms in total. The molecule has 0 radical (unpaired) electrons. The maximum absolute atomic E-state index is 13.8. The van der Waals surface area contributed by atoms with Crippen molar-refractivity contribution in [2.75, 3.05) is 0 Å². The number of urea groups is 1. The zero-order valence-corrected chi connectivity index (χ0v) is 20.7. The van der Waals surface area contributed by atoms with Crippen molar-refractivity contribution in [2.45, 2.75) is 58.4 Å². The Kier molecular flexibility index (Phi) is 7.09. The number of carbonyl (C=O) groups is 2. The number of carbonyl (C=O) groups excluding carboxylic acids is 2. The zero-order valence-electron chi connectivity index (χ0n) is 19.1. The molecule has 1 atom stereocenters.